The van der Waals surface area contributed by atoms with Crippen LogP contribution >= 0.6 is 11.6 Å². The van der Waals surface area contributed by atoms with E-state index in [0.717, 1.165) is 36.2 Å². The number of hydrogen-bond donors (Lipinski definition) is 1. The summed E-state index contributed by atoms with van der Waals surface area (Å²) in [5.41, 5.74) is 7.39. The summed E-state index contributed by atoms with van der Waals surface area (Å²) < 4.78 is 0. The van der Waals surface area contributed by atoms with Crippen LogP contribution in [0.15, 0.2) is 72.3 Å². The van der Waals surface area contributed by atoms with Crippen molar-refractivity contribution in [2.75, 3.05) is 26.0 Å². The van der Waals surface area contributed by atoms with Gasteiger partial charge in [0.1, 0.15) is 0 Å². The number of nitrogens with zero attached hydrogens (tertiary/aromatic N) is 1. The van der Waals surface area contributed by atoms with E-state index in [-0.39, 0.29) is 5.91 Å². The number of carbonyl (C=O) groups excluding carboxylic acids is 1. The SMILES string of the molecule is CN(C)CC1=Cc2ccc(NC(=O)c3ccc(-c4ccccc4Cl)cc3)cc2CC1. The Labute approximate surface area is 183 Å². The molecule has 0 spiro atoms. The summed E-state index contributed by atoms with van der Waals surface area (Å²) >= 11 is 6.27. The molecule has 4 rings (SSSR count). The Morgan fingerprint density at radius 3 is 2.50 bits per heavy atom. The minimum Gasteiger partial charge on any atom is -0.322 e. The van der Waals surface area contributed by atoms with E-state index < -0.39 is 0 Å². The van der Waals surface area contributed by atoms with Gasteiger partial charge in [-0.05, 0) is 74.0 Å². The summed E-state index contributed by atoms with van der Waals surface area (Å²) in [6, 6.07) is 21.4. The van der Waals surface area contributed by atoms with E-state index in [1.807, 2.05) is 54.6 Å². The standard InChI is InChI=1S/C26H25ClN2O/c1-29(2)17-18-7-8-22-16-23(14-13-21(22)15-18)28-26(30)20-11-9-19(10-12-20)24-5-3-4-6-25(24)27/h3-6,9-16H,7-8,17H2,1-2H3,(H,28,30). The van der Waals surface area contributed by atoms with Crippen molar-refractivity contribution in [3.05, 3.63) is 94.0 Å². The molecule has 0 unspecified atom stereocenters. The number of amides is 1. The van der Waals surface area contributed by atoms with Gasteiger partial charge in [-0.2, -0.15) is 0 Å². The van der Waals surface area contributed by atoms with Gasteiger partial charge >= 0.3 is 0 Å². The minimum atomic E-state index is -0.111. The van der Waals surface area contributed by atoms with E-state index in [0.29, 0.717) is 10.6 Å². The molecule has 0 bridgehead atoms. The second-order valence-electron chi connectivity index (χ2n) is 7.97. The Morgan fingerprint density at radius 1 is 1.00 bits per heavy atom. The van der Waals surface area contributed by atoms with Crippen molar-refractivity contribution in [3.8, 4) is 11.1 Å². The molecule has 30 heavy (non-hydrogen) atoms. The third-order valence-corrected chi connectivity index (χ3v) is 5.66. The molecule has 1 N–H and O–H groups in total. The third kappa shape index (κ3) is 4.64. The van der Waals surface area contributed by atoms with Crippen LogP contribution in [0.5, 0.6) is 0 Å². The highest BCUT2D eigenvalue weighted by Gasteiger charge is 2.13. The molecule has 3 aromatic rings. The van der Waals surface area contributed by atoms with Crippen molar-refractivity contribution in [1.29, 1.82) is 0 Å². The topological polar surface area (TPSA) is 32.3 Å². The zero-order valence-electron chi connectivity index (χ0n) is 17.3. The Bertz CT molecular complexity index is 1100. The van der Waals surface area contributed by atoms with Crippen molar-refractivity contribution in [2.45, 2.75) is 12.8 Å². The molecule has 0 aliphatic heterocycles. The van der Waals surface area contributed by atoms with E-state index in [4.69, 9.17) is 11.6 Å². The van der Waals surface area contributed by atoms with Gasteiger partial charge in [-0.25, -0.2) is 0 Å². The molecule has 0 aromatic heterocycles. The maximum Gasteiger partial charge on any atom is 0.255 e. The summed E-state index contributed by atoms with van der Waals surface area (Å²) in [6.07, 6.45) is 4.34. The molecule has 0 atom stereocenters. The van der Waals surface area contributed by atoms with Crippen LogP contribution < -0.4 is 5.32 Å². The van der Waals surface area contributed by atoms with E-state index in [1.54, 1.807) is 0 Å². The molecule has 0 heterocycles. The molecule has 152 valence electrons. The summed E-state index contributed by atoms with van der Waals surface area (Å²) in [7, 11) is 4.19. The van der Waals surface area contributed by atoms with Crippen LogP contribution in [0.2, 0.25) is 5.02 Å². The largest absolute Gasteiger partial charge is 0.322 e. The Morgan fingerprint density at radius 2 is 1.77 bits per heavy atom. The maximum absolute atomic E-state index is 12.7. The molecular weight excluding hydrogens is 392 g/mol. The van der Waals surface area contributed by atoms with Gasteiger partial charge in [-0.1, -0.05) is 59.6 Å². The first-order valence-electron chi connectivity index (χ1n) is 10.1. The van der Waals surface area contributed by atoms with Crippen LogP contribution in [0.25, 0.3) is 17.2 Å². The first-order chi connectivity index (χ1) is 14.5. The molecule has 0 saturated carbocycles. The zero-order valence-corrected chi connectivity index (χ0v) is 18.0. The number of rotatable bonds is 5. The lowest BCUT2D eigenvalue weighted by Crippen LogP contribution is -2.17. The molecule has 0 fully saturated rings. The highest BCUT2D eigenvalue weighted by atomic mass is 35.5. The highest BCUT2D eigenvalue weighted by Crippen LogP contribution is 2.29. The molecule has 1 aliphatic carbocycles. The van der Waals surface area contributed by atoms with E-state index in [1.165, 1.54) is 16.7 Å². The van der Waals surface area contributed by atoms with Gasteiger partial charge in [0.2, 0.25) is 0 Å². The van der Waals surface area contributed by atoms with Crippen molar-refractivity contribution < 1.29 is 4.79 Å². The van der Waals surface area contributed by atoms with Gasteiger partial charge in [0.05, 0.1) is 0 Å². The highest BCUT2D eigenvalue weighted by molar-refractivity contribution is 6.33. The number of benzene rings is 3. The van der Waals surface area contributed by atoms with Gasteiger partial charge in [-0.3, -0.25) is 4.79 Å². The number of likely N-dealkylation sites (N-methyl/N-ethyl adjacent to an activating group) is 1. The predicted octanol–water partition coefficient (Wildman–Crippen LogP) is 6.15. The summed E-state index contributed by atoms with van der Waals surface area (Å²) in [6.45, 7) is 0.988. The number of hydrogen-bond acceptors (Lipinski definition) is 2. The lowest BCUT2D eigenvalue weighted by atomic mass is 9.91. The molecule has 4 heteroatoms. The fourth-order valence-corrected chi connectivity index (χ4v) is 4.10. The Hall–Kier alpha value is -2.88. The van der Waals surface area contributed by atoms with Gasteiger partial charge in [0.15, 0.2) is 0 Å². The maximum atomic E-state index is 12.7. The smallest absolute Gasteiger partial charge is 0.255 e. The number of anilines is 1. The minimum absolute atomic E-state index is 0.111. The molecule has 0 saturated heterocycles. The van der Waals surface area contributed by atoms with Gasteiger partial charge < -0.3 is 10.2 Å². The molecule has 3 aromatic carbocycles. The van der Waals surface area contributed by atoms with E-state index in [9.17, 15) is 4.79 Å². The molecule has 3 nitrogen and oxygen atoms in total. The number of aryl methyl sites for hydroxylation is 1. The second-order valence-corrected chi connectivity index (χ2v) is 8.37. The first-order valence-corrected chi connectivity index (χ1v) is 10.5. The average molecular weight is 417 g/mol. The van der Waals surface area contributed by atoms with Crippen LogP contribution in [-0.4, -0.2) is 31.4 Å². The van der Waals surface area contributed by atoms with E-state index >= 15 is 0 Å². The molecule has 1 amide bonds. The van der Waals surface area contributed by atoms with Crippen LogP contribution in [0.3, 0.4) is 0 Å². The van der Waals surface area contributed by atoms with Gasteiger partial charge in [0, 0.05) is 28.4 Å². The van der Waals surface area contributed by atoms with Crippen LogP contribution in [0.4, 0.5) is 5.69 Å². The van der Waals surface area contributed by atoms with Gasteiger partial charge in [-0.15, -0.1) is 0 Å². The third-order valence-electron chi connectivity index (χ3n) is 5.33. The average Bonchev–Trinajstić information content (AvgIpc) is 2.74. The molecular formula is C26H25ClN2O. The summed E-state index contributed by atoms with van der Waals surface area (Å²) in [5, 5.41) is 3.73. The predicted molar refractivity (Wildman–Crippen MR) is 126 cm³/mol. The normalized spacial score (nSPS) is 13.0. The van der Waals surface area contributed by atoms with Gasteiger partial charge in [0.25, 0.3) is 5.91 Å². The number of halogens is 1. The number of fused-ring (bicyclic) bond motifs is 1. The Kier molecular flexibility index (Phi) is 6.03. The van der Waals surface area contributed by atoms with E-state index in [2.05, 4.69) is 42.5 Å². The molecule has 0 radical (unpaired) electrons. The lowest BCUT2D eigenvalue weighted by Gasteiger charge is -2.20. The van der Waals surface area contributed by atoms with Crippen molar-refractivity contribution in [2.24, 2.45) is 0 Å². The molecule has 1 aliphatic rings. The quantitative estimate of drug-likeness (QED) is 0.540. The summed E-state index contributed by atoms with van der Waals surface area (Å²) in [4.78, 5) is 14.9. The van der Waals surface area contributed by atoms with Crippen LogP contribution in [0, 0.1) is 0 Å². The first kappa shape index (κ1) is 20.4. The number of nitrogens with one attached hydrogen (secondary N) is 1. The zero-order chi connectivity index (χ0) is 21.1. The second kappa shape index (κ2) is 8.86. The van der Waals surface area contributed by atoms with Crippen LogP contribution in [0.1, 0.15) is 27.9 Å². The fourth-order valence-electron chi connectivity index (χ4n) is 3.86. The lowest BCUT2D eigenvalue weighted by molar-refractivity contribution is 0.102. The van der Waals surface area contributed by atoms with Crippen LogP contribution in [-0.2, 0) is 6.42 Å². The Balaban J connectivity index is 1.47. The summed E-state index contributed by atoms with van der Waals surface area (Å²) in [5.74, 6) is -0.111. The van der Waals surface area contributed by atoms with Crippen molar-refractivity contribution in [3.63, 3.8) is 0 Å². The van der Waals surface area contributed by atoms with Crippen molar-refractivity contribution in [1.82, 2.24) is 4.90 Å². The fraction of sp³-hybridized carbons (Fsp3) is 0.192. The van der Waals surface area contributed by atoms with Crippen molar-refractivity contribution >= 4 is 29.3 Å². The number of carbonyl (C=O) groups is 1. The monoisotopic (exact) mass is 416 g/mol.